The van der Waals surface area contributed by atoms with Crippen LogP contribution in [0.15, 0.2) is 18.2 Å². The van der Waals surface area contributed by atoms with Crippen LogP contribution in [-0.2, 0) is 0 Å². The minimum Gasteiger partial charge on any atom is -0.312 e. The number of rotatable bonds is 5. The Hall–Kier alpha value is -0.610. The van der Waals surface area contributed by atoms with Crippen molar-refractivity contribution < 1.29 is 8.78 Å². The monoisotopic (exact) mass is 271 g/mol. The second kappa shape index (κ2) is 6.53. The van der Waals surface area contributed by atoms with Gasteiger partial charge in [-0.05, 0) is 26.0 Å². The van der Waals surface area contributed by atoms with Crippen LogP contribution in [-0.4, -0.2) is 18.1 Å². The Balaban J connectivity index is 2.00. The number of benzene rings is 1. The fraction of sp³-hybridized carbons (Fsp3) is 0.571. The molecule has 18 heavy (non-hydrogen) atoms. The van der Waals surface area contributed by atoms with E-state index in [-0.39, 0.29) is 6.04 Å². The number of halogens is 2. The summed E-state index contributed by atoms with van der Waals surface area (Å²) >= 11 is 1.87. The van der Waals surface area contributed by atoms with E-state index < -0.39 is 11.6 Å². The molecule has 0 aliphatic heterocycles. The quantitative estimate of drug-likeness (QED) is 0.871. The maximum absolute atomic E-state index is 13.7. The summed E-state index contributed by atoms with van der Waals surface area (Å²) in [6.45, 7) is 0. The molecule has 1 fully saturated rings. The third-order valence-electron chi connectivity index (χ3n) is 3.51. The van der Waals surface area contributed by atoms with Gasteiger partial charge in [0.25, 0.3) is 0 Å². The zero-order valence-electron chi connectivity index (χ0n) is 10.6. The van der Waals surface area contributed by atoms with Crippen molar-refractivity contribution in [3.63, 3.8) is 0 Å². The molecule has 0 spiro atoms. The van der Waals surface area contributed by atoms with Gasteiger partial charge in [-0.25, -0.2) is 8.78 Å². The Morgan fingerprint density at radius 2 is 2.06 bits per heavy atom. The van der Waals surface area contributed by atoms with Crippen molar-refractivity contribution in [1.82, 2.24) is 5.32 Å². The lowest BCUT2D eigenvalue weighted by Gasteiger charge is -2.19. The van der Waals surface area contributed by atoms with Crippen LogP contribution in [0.2, 0.25) is 0 Å². The Morgan fingerprint density at radius 1 is 1.33 bits per heavy atom. The minimum atomic E-state index is -0.765. The van der Waals surface area contributed by atoms with E-state index in [1.165, 1.54) is 25.7 Å². The van der Waals surface area contributed by atoms with Gasteiger partial charge in [0.15, 0.2) is 11.6 Å². The molecule has 1 aliphatic rings. The van der Waals surface area contributed by atoms with Gasteiger partial charge in [-0.3, -0.25) is 0 Å². The summed E-state index contributed by atoms with van der Waals surface area (Å²) in [5, 5.41) is 3.77. The summed E-state index contributed by atoms with van der Waals surface area (Å²) in [5.41, 5.74) is 0.433. The topological polar surface area (TPSA) is 12.0 Å². The minimum absolute atomic E-state index is 0.119. The molecular weight excluding hydrogens is 252 g/mol. The molecule has 4 heteroatoms. The predicted molar refractivity (Wildman–Crippen MR) is 72.9 cm³/mol. The van der Waals surface area contributed by atoms with Crippen molar-refractivity contribution in [2.45, 2.75) is 37.0 Å². The van der Waals surface area contributed by atoms with Crippen molar-refractivity contribution in [1.29, 1.82) is 0 Å². The molecule has 1 atom stereocenters. The second-order valence-electron chi connectivity index (χ2n) is 4.72. The molecule has 1 saturated carbocycles. The van der Waals surface area contributed by atoms with Gasteiger partial charge in [-0.2, -0.15) is 11.8 Å². The molecule has 0 heterocycles. The molecule has 1 N–H and O–H groups in total. The van der Waals surface area contributed by atoms with Crippen LogP contribution in [0.1, 0.15) is 37.3 Å². The molecule has 0 bridgehead atoms. The first kappa shape index (κ1) is 13.8. The van der Waals surface area contributed by atoms with Crippen LogP contribution in [0.25, 0.3) is 0 Å². The summed E-state index contributed by atoms with van der Waals surface area (Å²) in [4.78, 5) is 0. The highest BCUT2D eigenvalue weighted by atomic mass is 32.2. The predicted octanol–water partition coefficient (Wildman–Crippen LogP) is 3.90. The summed E-state index contributed by atoms with van der Waals surface area (Å²) in [7, 11) is 1.80. The molecule has 1 nitrogen and oxygen atoms in total. The van der Waals surface area contributed by atoms with Crippen molar-refractivity contribution in [3.05, 3.63) is 35.4 Å². The third-order valence-corrected chi connectivity index (χ3v) is 4.97. The first-order chi connectivity index (χ1) is 8.72. The summed E-state index contributed by atoms with van der Waals surface area (Å²) in [5.74, 6) is -0.691. The van der Waals surface area contributed by atoms with E-state index in [4.69, 9.17) is 0 Å². The number of hydrogen-bond acceptors (Lipinski definition) is 2. The van der Waals surface area contributed by atoms with Gasteiger partial charge in [0.1, 0.15) is 0 Å². The Morgan fingerprint density at radius 3 is 2.72 bits per heavy atom. The van der Waals surface area contributed by atoms with Crippen LogP contribution in [0.4, 0.5) is 8.78 Å². The number of thioether (sulfide) groups is 1. The summed E-state index contributed by atoms with van der Waals surface area (Å²) in [6.07, 6.45) is 5.12. The highest BCUT2D eigenvalue weighted by molar-refractivity contribution is 7.99. The van der Waals surface area contributed by atoms with E-state index in [9.17, 15) is 8.78 Å². The van der Waals surface area contributed by atoms with Crippen molar-refractivity contribution >= 4 is 11.8 Å². The first-order valence-corrected chi connectivity index (χ1v) is 7.50. The standard InChI is InChI=1S/C14H19F2NS/c1-17-13(9-18-10-5-2-3-6-10)11-7-4-8-12(15)14(11)16/h4,7-8,10,13,17H,2-3,5-6,9H2,1H3. The van der Waals surface area contributed by atoms with Crippen LogP contribution < -0.4 is 5.32 Å². The fourth-order valence-electron chi connectivity index (χ4n) is 2.41. The summed E-state index contributed by atoms with van der Waals surface area (Å²) in [6, 6.07) is 4.27. The van der Waals surface area contributed by atoms with E-state index in [0.717, 1.165) is 11.8 Å². The lowest BCUT2D eigenvalue weighted by Crippen LogP contribution is -2.21. The van der Waals surface area contributed by atoms with E-state index in [1.54, 1.807) is 19.2 Å². The lowest BCUT2D eigenvalue weighted by atomic mass is 10.1. The van der Waals surface area contributed by atoms with Crippen molar-refractivity contribution in [2.75, 3.05) is 12.8 Å². The van der Waals surface area contributed by atoms with E-state index in [1.807, 2.05) is 11.8 Å². The van der Waals surface area contributed by atoms with Gasteiger partial charge in [-0.15, -0.1) is 0 Å². The maximum Gasteiger partial charge on any atom is 0.163 e. The fourth-order valence-corrected chi connectivity index (χ4v) is 3.88. The van der Waals surface area contributed by atoms with Gasteiger partial charge in [0.2, 0.25) is 0 Å². The molecule has 0 aromatic heterocycles. The number of hydrogen-bond donors (Lipinski definition) is 1. The van der Waals surface area contributed by atoms with Crippen LogP contribution in [0, 0.1) is 11.6 Å². The highest BCUT2D eigenvalue weighted by Gasteiger charge is 2.20. The van der Waals surface area contributed by atoms with Gasteiger partial charge in [0, 0.05) is 22.6 Å². The molecular formula is C14H19F2NS. The van der Waals surface area contributed by atoms with Crippen LogP contribution in [0.3, 0.4) is 0 Å². The number of nitrogens with one attached hydrogen (secondary N) is 1. The average Bonchev–Trinajstić information content (AvgIpc) is 2.88. The zero-order valence-corrected chi connectivity index (χ0v) is 11.4. The molecule has 2 rings (SSSR count). The van der Waals surface area contributed by atoms with Crippen LogP contribution in [0.5, 0.6) is 0 Å². The molecule has 0 saturated heterocycles. The van der Waals surface area contributed by atoms with Gasteiger partial charge in [0.05, 0.1) is 0 Å². The normalized spacial score (nSPS) is 18.2. The molecule has 100 valence electrons. The van der Waals surface area contributed by atoms with Crippen LogP contribution >= 0.6 is 11.8 Å². The van der Waals surface area contributed by atoms with Gasteiger partial charge < -0.3 is 5.32 Å². The molecule has 0 amide bonds. The Bertz CT molecular complexity index is 391. The molecule has 1 aromatic carbocycles. The molecule has 1 aliphatic carbocycles. The maximum atomic E-state index is 13.7. The third kappa shape index (κ3) is 3.23. The van der Waals surface area contributed by atoms with E-state index >= 15 is 0 Å². The van der Waals surface area contributed by atoms with Crippen molar-refractivity contribution in [2.24, 2.45) is 0 Å². The molecule has 1 unspecified atom stereocenters. The molecule has 0 radical (unpaired) electrons. The van der Waals surface area contributed by atoms with Gasteiger partial charge in [-0.1, -0.05) is 25.0 Å². The average molecular weight is 271 g/mol. The first-order valence-electron chi connectivity index (χ1n) is 6.45. The second-order valence-corrected chi connectivity index (χ2v) is 6.06. The Labute approximate surface area is 111 Å². The lowest BCUT2D eigenvalue weighted by molar-refractivity contribution is 0.483. The Kier molecular flexibility index (Phi) is 5.01. The molecule has 1 aromatic rings. The van der Waals surface area contributed by atoms with E-state index in [2.05, 4.69) is 5.32 Å². The van der Waals surface area contributed by atoms with Gasteiger partial charge >= 0.3 is 0 Å². The smallest absolute Gasteiger partial charge is 0.163 e. The highest BCUT2D eigenvalue weighted by Crippen LogP contribution is 2.32. The van der Waals surface area contributed by atoms with E-state index in [0.29, 0.717) is 10.8 Å². The SMILES string of the molecule is CNC(CSC1CCCC1)c1cccc(F)c1F. The van der Waals surface area contributed by atoms with Crippen molar-refractivity contribution in [3.8, 4) is 0 Å². The largest absolute Gasteiger partial charge is 0.312 e. The summed E-state index contributed by atoms with van der Waals surface area (Å²) < 4.78 is 26.9. The zero-order chi connectivity index (χ0) is 13.0.